The van der Waals surface area contributed by atoms with E-state index >= 15 is 0 Å². The molecule has 35 heavy (non-hydrogen) atoms. The van der Waals surface area contributed by atoms with Gasteiger partial charge in [0.1, 0.15) is 18.1 Å². The molecule has 1 aliphatic rings. The number of hydrogen-bond acceptors (Lipinski definition) is 7. The number of benzene rings is 3. The maximum Gasteiger partial charge on any atom is 0.264 e. The van der Waals surface area contributed by atoms with Gasteiger partial charge in [-0.2, -0.15) is 0 Å². The summed E-state index contributed by atoms with van der Waals surface area (Å²) in [6.07, 6.45) is -1.04. The lowest BCUT2D eigenvalue weighted by Crippen LogP contribution is -2.51. The van der Waals surface area contributed by atoms with Crippen LogP contribution in [0.2, 0.25) is 0 Å². The van der Waals surface area contributed by atoms with Crippen molar-refractivity contribution in [2.75, 3.05) is 38.2 Å². The van der Waals surface area contributed by atoms with Crippen LogP contribution in [-0.4, -0.2) is 54.3 Å². The maximum absolute atomic E-state index is 13.5. The summed E-state index contributed by atoms with van der Waals surface area (Å²) in [4.78, 5) is 13.0. The van der Waals surface area contributed by atoms with E-state index in [0.717, 1.165) is 0 Å². The zero-order chi connectivity index (χ0) is 24.8. The standard InChI is InChI=1S/C25H26N2O7S/c1-31-18-11-13-19(14-12-18)35(29,30)27-17-24(34-21-8-4-3-7-20(21)27)25(28)26-15-16-33-23-10-6-5-9-22(23)32-2/h3-14,24H,15-17H2,1-2H3,(H,26,28). The van der Waals surface area contributed by atoms with E-state index in [1.165, 1.54) is 23.5 Å². The van der Waals surface area contributed by atoms with Crippen LogP contribution in [0.3, 0.4) is 0 Å². The van der Waals surface area contributed by atoms with Crippen molar-refractivity contribution in [3.05, 3.63) is 72.8 Å². The van der Waals surface area contributed by atoms with Crippen LogP contribution in [0.4, 0.5) is 5.69 Å². The Morgan fingerprint density at radius 1 is 0.971 bits per heavy atom. The first-order chi connectivity index (χ1) is 16.9. The molecule has 0 saturated heterocycles. The van der Waals surface area contributed by atoms with Crippen molar-refractivity contribution < 1.29 is 32.2 Å². The van der Waals surface area contributed by atoms with E-state index < -0.39 is 22.0 Å². The Morgan fingerprint density at radius 3 is 2.37 bits per heavy atom. The van der Waals surface area contributed by atoms with Gasteiger partial charge in [0.2, 0.25) is 0 Å². The molecule has 3 aromatic carbocycles. The van der Waals surface area contributed by atoms with Crippen LogP contribution in [0.15, 0.2) is 77.7 Å². The van der Waals surface area contributed by atoms with Crippen LogP contribution in [0.25, 0.3) is 0 Å². The summed E-state index contributed by atoms with van der Waals surface area (Å²) in [6.45, 7) is 0.220. The molecule has 0 aliphatic carbocycles. The number of nitrogens with one attached hydrogen (secondary N) is 1. The molecule has 0 spiro atoms. The van der Waals surface area contributed by atoms with Gasteiger partial charge < -0.3 is 24.3 Å². The Bertz CT molecular complexity index is 1280. The second kappa shape index (κ2) is 10.6. The molecule has 1 N–H and O–H groups in total. The molecule has 9 nitrogen and oxygen atoms in total. The zero-order valence-electron chi connectivity index (χ0n) is 19.3. The number of carbonyl (C=O) groups is 1. The maximum atomic E-state index is 13.5. The molecule has 0 bridgehead atoms. The number of methoxy groups -OCH3 is 2. The van der Waals surface area contributed by atoms with Gasteiger partial charge in [-0.05, 0) is 48.5 Å². The molecule has 1 unspecified atom stereocenters. The number of ether oxygens (including phenoxy) is 4. The SMILES string of the molecule is COc1ccc(S(=O)(=O)N2CC(C(=O)NCCOc3ccccc3OC)Oc3ccccc32)cc1. The topological polar surface area (TPSA) is 103 Å². The van der Waals surface area contributed by atoms with Gasteiger partial charge in [0.25, 0.3) is 15.9 Å². The van der Waals surface area contributed by atoms with Gasteiger partial charge in [-0.25, -0.2) is 8.42 Å². The highest BCUT2D eigenvalue weighted by Crippen LogP contribution is 2.37. The number of carbonyl (C=O) groups excluding carboxylic acids is 1. The minimum Gasteiger partial charge on any atom is -0.497 e. The monoisotopic (exact) mass is 498 g/mol. The first-order valence-corrected chi connectivity index (χ1v) is 12.3. The Morgan fingerprint density at radius 2 is 1.66 bits per heavy atom. The third-order valence-corrected chi connectivity index (χ3v) is 7.20. The van der Waals surface area contributed by atoms with E-state index in [1.807, 2.05) is 12.1 Å². The number of fused-ring (bicyclic) bond motifs is 1. The molecule has 0 fully saturated rings. The summed E-state index contributed by atoms with van der Waals surface area (Å²) in [5.74, 6) is 1.55. The van der Waals surface area contributed by atoms with Crippen molar-refractivity contribution in [2.45, 2.75) is 11.0 Å². The van der Waals surface area contributed by atoms with Crippen molar-refractivity contribution in [1.29, 1.82) is 0 Å². The first-order valence-electron chi connectivity index (χ1n) is 10.9. The van der Waals surface area contributed by atoms with Gasteiger partial charge in [-0.1, -0.05) is 24.3 Å². The van der Waals surface area contributed by atoms with Crippen molar-refractivity contribution in [3.63, 3.8) is 0 Å². The van der Waals surface area contributed by atoms with E-state index in [4.69, 9.17) is 18.9 Å². The number of anilines is 1. The number of amides is 1. The van der Waals surface area contributed by atoms with Crippen LogP contribution in [0.5, 0.6) is 23.0 Å². The Labute approximate surface area is 204 Å². The molecule has 1 aliphatic heterocycles. The van der Waals surface area contributed by atoms with Crippen LogP contribution in [0.1, 0.15) is 0 Å². The van der Waals surface area contributed by atoms with Crippen LogP contribution < -0.4 is 28.6 Å². The number of hydrogen-bond donors (Lipinski definition) is 1. The Balaban J connectivity index is 1.46. The molecule has 1 heterocycles. The van der Waals surface area contributed by atoms with E-state index in [0.29, 0.717) is 28.7 Å². The smallest absolute Gasteiger partial charge is 0.264 e. The highest BCUT2D eigenvalue weighted by molar-refractivity contribution is 7.92. The van der Waals surface area contributed by atoms with Crippen LogP contribution in [-0.2, 0) is 14.8 Å². The molecule has 184 valence electrons. The molecular formula is C25H26N2O7S. The highest BCUT2D eigenvalue weighted by Gasteiger charge is 2.37. The summed E-state index contributed by atoms with van der Waals surface area (Å²) < 4.78 is 50.0. The zero-order valence-corrected chi connectivity index (χ0v) is 20.2. The molecule has 0 aromatic heterocycles. The van der Waals surface area contributed by atoms with Crippen LogP contribution in [0, 0.1) is 0 Å². The number of rotatable bonds is 9. The average Bonchev–Trinajstić information content (AvgIpc) is 2.90. The van der Waals surface area contributed by atoms with E-state index in [1.54, 1.807) is 55.6 Å². The molecular weight excluding hydrogens is 472 g/mol. The van der Waals surface area contributed by atoms with Gasteiger partial charge in [0.05, 0.1) is 37.9 Å². The predicted molar refractivity (Wildman–Crippen MR) is 130 cm³/mol. The lowest BCUT2D eigenvalue weighted by molar-refractivity contribution is -0.127. The number of sulfonamides is 1. The fraction of sp³-hybridized carbons (Fsp3) is 0.240. The van der Waals surface area contributed by atoms with Crippen molar-refractivity contribution >= 4 is 21.6 Å². The molecule has 3 aromatic rings. The summed E-state index contributed by atoms with van der Waals surface area (Å²) in [5.41, 5.74) is 0.367. The minimum absolute atomic E-state index is 0.0827. The third kappa shape index (κ3) is 5.27. The summed E-state index contributed by atoms with van der Waals surface area (Å²) in [5, 5.41) is 2.75. The third-order valence-electron chi connectivity index (χ3n) is 5.40. The second-order valence-electron chi connectivity index (χ2n) is 7.58. The molecule has 10 heteroatoms. The number of para-hydroxylation sites is 4. The Kier molecular flexibility index (Phi) is 7.31. The fourth-order valence-corrected chi connectivity index (χ4v) is 5.10. The lowest BCUT2D eigenvalue weighted by Gasteiger charge is -2.34. The molecule has 0 radical (unpaired) electrons. The molecule has 1 atom stereocenters. The number of nitrogens with zero attached hydrogens (tertiary/aromatic N) is 1. The van der Waals surface area contributed by atoms with Crippen molar-refractivity contribution in [2.24, 2.45) is 0 Å². The van der Waals surface area contributed by atoms with Gasteiger partial charge in [0.15, 0.2) is 17.6 Å². The van der Waals surface area contributed by atoms with Crippen molar-refractivity contribution in [1.82, 2.24) is 5.32 Å². The predicted octanol–water partition coefficient (Wildman–Crippen LogP) is 2.86. The van der Waals surface area contributed by atoms with Crippen molar-refractivity contribution in [3.8, 4) is 23.0 Å². The quantitative estimate of drug-likeness (QED) is 0.453. The van der Waals surface area contributed by atoms with E-state index in [-0.39, 0.29) is 24.6 Å². The summed E-state index contributed by atoms with van der Waals surface area (Å²) >= 11 is 0. The van der Waals surface area contributed by atoms with Gasteiger partial charge in [-0.15, -0.1) is 0 Å². The van der Waals surface area contributed by atoms with E-state index in [2.05, 4.69) is 5.32 Å². The molecule has 4 rings (SSSR count). The van der Waals surface area contributed by atoms with Crippen LogP contribution >= 0.6 is 0 Å². The highest BCUT2D eigenvalue weighted by atomic mass is 32.2. The van der Waals surface area contributed by atoms with Gasteiger partial charge >= 0.3 is 0 Å². The Hall–Kier alpha value is -3.92. The normalized spacial score (nSPS) is 14.9. The van der Waals surface area contributed by atoms with Gasteiger partial charge in [-0.3, -0.25) is 9.10 Å². The van der Waals surface area contributed by atoms with E-state index in [9.17, 15) is 13.2 Å². The average molecular weight is 499 g/mol. The molecule has 1 amide bonds. The second-order valence-corrected chi connectivity index (χ2v) is 9.44. The first kappa shape index (κ1) is 24.2. The minimum atomic E-state index is -3.96. The lowest BCUT2D eigenvalue weighted by atomic mass is 10.2. The molecule has 0 saturated carbocycles. The largest absolute Gasteiger partial charge is 0.497 e. The van der Waals surface area contributed by atoms with Gasteiger partial charge in [0, 0.05) is 0 Å². The fourth-order valence-electron chi connectivity index (χ4n) is 3.63. The summed E-state index contributed by atoms with van der Waals surface area (Å²) in [7, 11) is -0.901. The summed E-state index contributed by atoms with van der Waals surface area (Å²) in [6, 6.07) is 20.0.